The first-order chi connectivity index (χ1) is 14.9. The third kappa shape index (κ3) is 5.30. The van der Waals surface area contributed by atoms with E-state index < -0.39 is 11.9 Å². The number of halogens is 3. The minimum Gasteiger partial charge on any atom is -0.342 e. The highest BCUT2D eigenvalue weighted by molar-refractivity contribution is 7.13. The fraction of sp³-hybridized carbons (Fsp3) is 0.429. The normalized spacial score (nSPS) is 17.1. The van der Waals surface area contributed by atoms with Gasteiger partial charge in [-0.1, -0.05) is 6.07 Å². The quantitative estimate of drug-likeness (QED) is 0.552. The number of imidazole rings is 1. The molecular weight excluding hydrogens is 427 g/mol. The molecule has 0 bridgehead atoms. The van der Waals surface area contributed by atoms with Gasteiger partial charge in [0.25, 0.3) is 0 Å². The van der Waals surface area contributed by atoms with Crippen LogP contribution >= 0.6 is 11.3 Å². The molecule has 31 heavy (non-hydrogen) atoms. The molecule has 1 aliphatic heterocycles. The highest BCUT2D eigenvalue weighted by Crippen LogP contribution is 2.34. The van der Waals surface area contributed by atoms with E-state index in [0.29, 0.717) is 50.2 Å². The van der Waals surface area contributed by atoms with Crippen LogP contribution in [0, 0.1) is 0 Å². The molecule has 1 atom stereocenters. The van der Waals surface area contributed by atoms with Crippen molar-refractivity contribution in [2.75, 3.05) is 13.1 Å². The Kier molecular flexibility index (Phi) is 6.35. The maximum Gasteiger partial charge on any atom is 0.433 e. The Morgan fingerprint density at radius 2 is 2.16 bits per heavy atom. The molecule has 10 heteroatoms. The van der Waals surface area contributed by atoms with Crippen molar-refractivity contribution in [2.45, 2.75) is 44.3 Å². The largest absolute Gasteiger partial charge is 0.433 e. The first kappa shape index (κ1) is 21.5. The van der Waals surface area contributed by atoms with Gasteiger partial charge in [-0.05, 0) is 36.8 Å². The lowest BCUT2D eigenvalue weighted by atomic mass is 9.96. The summed E-state index contributed by atoms with van der Waals surface area (Å²) in [7, 11) is 0. The fourth-order valence-corrected chi connectivity index (χ4v) is 4.43. The summed E-state index contributed by atoms with van der Waals surface area (Å²) in [5, 5.41) is 1.80. The van der Waals surface area contributed by atoms with Gasteiger partial charge in [-0.15, -0.1) is 11.3 Å². The van der Waals surface area contributed by atoms with E-state index in [1.54, 1.807) is 34.9 Å². The molecule has 3 aromatic heterocycles. The fourth-order valence-electron chi connectivity index (χ4n) is 3.75. The Labute approximate surface area is 181 Å². The highest BCUT2D eigenvalue weighted by atomic mass is 32.1. The molecule has 6 nitrogen and oxygen atoms in total. The van der Waals surface area contributed by atoms with Gasteiger partial charge in [-0.3, -0.25) is 4.79 Å². The van der Waals surface area contributed by atoms with Crippen LogP contribution < -0.4 is 0 Å². The molecule has 3 aromatic rings. The maximum absolute atomic E-state index is 13.5. The van der Waals surface area contributed by atoms with E-state index in [-0.39, 0.29) is 23.3 Å². The molecule has 0 radical (unpaired) electrons. The molecule has 1 amide bonds. The van der Waals surface area contributed by atoms with Crippen LogP contribution in [0.5, 0.6) is 0 Å². The topological polar surface area (TPSA) is 63.9 Å². The van der Waals surface area contributed by atoms with Crippen molar-refractivity contribution < 1.29 is 18.0 Å². The van der Waals surface area contributed by atoms with Gasteiger partial charge in [0.1, 0.15) is 11.5 Å². The number of alkyl halides is 3. The first-order valence-corrected chi connectivity index (χ1v) is 11.0. The molecule has 0 saturated carbocycles. The second-order valence-corrected chi connectivity index (χ2v) is 8.50. The number of nitrogens with zero attached hydrogens (tertiary/aromatic N) is 5. The molecule has 4 rings (SSSR count). The maximum atomic E-state index is 13.5. The van der Waals surface area contributed by atoms with Crippen LogP contribution in [0.25, 0.3) is 10.6 Å². The number of thiophene rings is 1. The predicted molar refractivity (Wildman–Crippen MR) is 110 cm³/mol. The summed E-state index contributed by atoms with van der Waals surface area (Å²) >= 11 is 1.34. The van der Waals surface area contributed by atoms with Gasteiger partial charge < -0.3 is 9.47 Å². The Morgan fingerprint density at radius 3 is 2.87 bits per heavy atom. The zero-order valence-corrected chi connectivity index (χ0v) is 17.6. The van der Waals surface area contributed by atoms with Crippen LogP contribution in [0.3, 0.4) is 0 Å². The summed E-state index contributed by atoms with van der Waals surface area (Å²) in [6.45, 7) is 1.65. The van der Waals surface area contributed by atoms with E-state index in [1.165, 1.54) is 11.3 Å². The van der Waals surface area contributed by atoms with Gasteiger partial charge >= 0.3 is 6.18 Å². The molecule has 164 valence electrons. The van der Waals surface area contributed by atoms with Gasteiger partial charge in [-0.2, -0.15) is 13.2 Å². The van der Waals surface area contributed by atoms with Gasteiger partial charge in [0.15, 0.2) is 0 Å². The standard InChI is InChI=1S/C21H22F3N5OS/c22-21(23,24)18-12-16(17-5-3-11-31-17)26-20(27-18)15-4-1-9-29(13-15)19(30)6-2-8-28-10-7-25-14-28/h3,5,7,10-12,14-15H,1-2,4,6,8-9,13H2/t15-/m0/s1. The zero-order chi connectivity index (χ0) is 21.8. The number of carbonyl (C=O) groups is 1. The van der Waals surface area contributed by atoms with Crippen LogP contribution in [0.4, 0.5) is 13.2 Å². The number of piperidine rings is 1. The van der Waals surface area contributed by atoms with E-state index in [9.17, 15) is 18.0 Å². The van der Waals surface area contributed by atoms with Crippen molar-refractivity contribution in [1.82, 2.24) is 24.4 Å². The van der Waals surface area contributed by atoms with Crippen molar-refractivity contribution in [1.29, 1.82) is 0 Å². The summed E-state index contributed by atoms with van der Waals surface area (Å²) < 4.78 is 42.3. The minimum atomic E-state index is -4.55. The van der Waals surface area contributed by atoms with Gasteiger partial charge in [0.2, 0.25) is 5.91 Å². The van der Waals surface area contributed by atoms with E-state index in [1.807, 2.05) is 10.8 Å². The number of likely N-dealkylation sites (tertiary alicyclic amines) is 1. The van der Waals surface area contributed by atoms with Gasteiger partial charge in [0, 0.05) is 44.4 Å². The van der Waals surface area contributed by atoms with E-state index in [4.69, 9.17) is 0 Å². The van der Waals surface area contributed by atoms with Crippen LogP contribution in [0.1, 0.15) is 43.1 Å². The summed E-state index contributed by atoms with van der Waals surface area (Å²) in [5.74, 6) is -0.142. The second-order valence-electron chi connectivity index (χ2n) is 7.55. The highest BCUT2D eigenvalue weighted by Gasteiger charge is 2.35. The molecule has 0 N–H and O–H groups in total. The van der Waals surface area contributed by atoms with Gasteiger partial charge in [-0.25, -0.2) is 15.0 Å². The lowest BCUT2D eigenvalue weighted by Crippen LogP contribution is -2.39. The summed E-state index contributed by atoms with van der Waals surface area (Å²) in [4.78, 5) is 27.3. The monoisotopic (exact) mass is 449 g/mol. The summed E-state index contributed by atoms with van der Waals surface area (Å²) in [5.41, 5.74) is -0.666. The van der Waals surface area contributed by atoms with E-state index >= 15 is 0 Å². The third-order valence-corrected chi connectivity index (χ3v) is 6.21. The van der Waals surface area contributed by atoms with E-state index in [2.05, 4.69) is 15.0 Å². The predicted octanol–water partition coefficient (Wildman–Crippen LogP) is 4.61. The number of hydrogen-bond donors (Lipinski definition) is 0. The lowest BCUT2D eigenvalue weighted by Gasteiger charge is -2.32. The Bertz CT molecular complexity index is 1000. The van der Waals surface area contributed by atoms with E-state index in [0.717, 1.165) is 6.07 Å². The molecule has 0 aromatic carbocycles. The number of aryl methyl sites for hydroxylation is 1. The molecule has 0 unspecified atom stereocenters. The average Bonchev–Trinajstić information content (AvgIpc) is 3.47. The number of amides is 1. The zero-order valence-electron chi connectivity index (χ0n) is 16.8. The number of hydrogen-bond acceptors (Lipinski definition) is 5. The van der Waals surface area contributed by atoms with Crippen LogP contribution in [0.15, 0.2) is 42.3 Å². The number of aromatic nitrogens is 4. The molecule has 1 aliphatic rings. The lowest BCUT2D eigenvalue weighted by molar-refractivity contribution is -0.141. The number of carbonyl (C=O) groups excluding carboxylic acids is 1. The van der Waals surface area contributed by atoms with Gasteiger partial charge in [0.05, 0.1) is 16.9 Å². The molecule has 0 aliphatic carbocycles. The average molecular weight is 450 g/mol. The van der Waals surface area contributed by atoms with Crippen LogP contribution in [0.2, 0.25) is 0 Å². The summed E-state index contributed by atoms with van der Waals surface area (Å²) in [6.07, 6.45) is 3.12. The van der Waals surface area contributed by atoms with Crippen molar-refractivity contribution in [3.63, 3.8) is 0 Å². The molecule has 1 saturated heterocycles. The van der Waals surface area contributed by atoms with Crippen LogP contribution in [-0.2, 0) is 17.5 Å². The van der Waals surface area contributed by atoms with Crippen molar-refractivity contribution in [2.24, 2.45) is 0 Å². The summed E-state index contributed by atoms with van der Waals surface area (Å²) in [6, 6.07) is 4.52. The Balaban J connectivity index is 1.48. The molecular formula is C21H22F3N5OS. The third-order valence-electron chi connectivity index (χ3n) is 5.31. The molecule has 1 fully saturated rings. The first-order valence-electron chi connectivity index (χ1n) is 10.1. The van der Waals surface area contributed by atoms with Crippen molar-refractivity contribution >= 4 is 17.2 Å². The van der Waals surface area contributed by atoms with Crippen molar-refractivity contribution in [3.8, 4) is 10.6 Å². The van der Waals surface area contributed by atoms with Crippen molar-refractivity contribution in [3.05, 3.63) is 53.8 Å². The Hall–Kier alpha value is -2.75. The van der Waals surface area contributed by atoms with Crippen LogP contribution in [-0.4, -0.2) is 43.4 Å². The number of rotatable bonds is 6. The smallest absolute Gasteiger partial charge is 0.342 e. The second kappa shape index (κ2) is 9.17. The molecule has 4 heterocycles. The minimum absolute atomic E-state index is 0.00951. The molecule has 0 spiro atoms. The Morgan fingerprint density at radius 1 is 1.29 bits per heavy atom. The SMILES string of the molecule is O=C(CCCn1ccnc1)N1CCC[C@H](c2nc(-c3cccs3)cc(C(F)(F)F)n2)C1.